The first-order chi connectivity index (χ1) is 15.6. The third-order valence-electron chi connectivity index (χ3n) is 5.73. The van der Waals surface area contributed by atoms with E-state index in [0.29, 0.717) is 42.3 Å². The number of ether oxygens (including phenoxy) is 2. The lowest BCUT2D eigenvalue weighted by atomic mass is 9.87. The van der Waals surface area contributed by atoms with Crippen molar-refractivity contribution in [2.75, 3.05) is 6.61 Å². The fraction of sp³-hybridized carbons (Fsp3) is 0.583. The average molecular weight is 460 g/mol. The first-order valence-corrected chi connectivity index (χ1v) is 11.3. The zero-order valence-corrected chi connectivity index (χ0v) is 19.7. The number of carboxylic acid groups (broad SMARTS) is 1. The van der Waals surface area contributed by atoms with Crippen LogP contribution in [0.25, 0.3) is 11.5 Å². The van der Waals surface area contributed by atoms with Crippen LogP contribution < -0.4 is 10.1 Å². The molecule has 2 atom stereocenters. The van der Waals surface area contributed by atoms with Crippen LogP contribution in [0, 0.1) is 18.3 Å². The Labute approximate surface area is 193 Å². The fourth-order valence-electron chi connectivity index (χ4n) is 3.71. The van der Waals surface area contributed by atoms with Gasteiger partial charge in [0.1, 0.15) is 11.4 Å². The lowest BCUT2D eigenvalue weighted by Gasteiger charge is -2.27. The van der Waals surface area contributed by atoms with Gasteiger partial charge in [-0.15, -0.1) is 0 Å². The zero-order chi connectivity index (χ0) is 24.0. The minimum absolute atomic E-state index is 0.0923. The van der Waals surface area contributed by atoms with Crippen molar-refractivity contribution >= 4 is 12.1 Å². The summed E-state index contributed by atoms with van der Waals surface area (Å²) in [5, 5.41) is 16.0. The number of aromatic nitrogens is 2. The second-order valence-electron chi connectivity index (χ2n) is 9.70. The molecule has 1 fully saturated rings. The molecule has 2 aromatic heterocycles. The Kier molecular flexibility index (Phi) is 7.94. The summed E-state index contributed by atoms with van der Waals surface area (Å²) in [5.41, 5.74) is 2.03. The van der Waals surface area contributed by atoms with E-state index in [4.69, 9.17) is 14.0 Å². The Morgan fingerprint density at radius 2 is 2.06 bits per heavy atom. The lowest BCUT2D eigenvalue weighted by Crippen LogP contribution is -2.29. The number of pyridine rings is 1. The van der Waals surface area contributed by atoms with Gasteiger partial charge in [0.25, 0.3) is 0 Å². The molecule has 2 N–H and O–H groups in total. The first-order valence-electron chi connectivity index (χ1n) is 11.3. The minimum atomic E-state index is -0.767. The molecule has 0 bridgehead atoms. The third-order valence-corrected chi connectivity index (χ3v) is 5.73. The molecular formula is C24H33N3O6. The van der Waals surface area contributed by atoms with Crippen molar-refractivity contribution in [2.24, 2.45) is 11.3 Å². The van der Waals surface area contributed by atoms with Crippen LogP contribution in [-0.2, 0) is 16.1 Å². The van der Waals surface area contributed by atoms with Crippen molar-refractivity contribution in [3.63, 3.8) is 0 Å². The monoisotopic (exact) mass is 459 g/mol. The number of alkyl carbamates (subject to hydrolysis) is 1. The number of rotatable bonds is 8. The SMILES string of the molecule is Cc1noc(-c2ccc(O[C@H]3CCC[C@H](C(=O)O)C3)cn2)c1CNC(=O)OCCC(C)(C)C. The maximum atomic E-state index is 12.0. The van der Waals surface area contributed by atoms with Crippen molar-refractivity contribution in [1.29, 1.82) is 0 Å². The van der Waals surface area contributed by atoms with Crippen molar-refractivity contribution in [3.05, 3.63) is 29.6 Å². The number of carbonyl (C=O) groups is 2. The highest BCUT2D eigenvalue weighted by Gasteiger charge is 2.28. The summed E-state index contributed by atoms with van der Waals surface area (Å²) in [4.78, 5) is 27.7. The van der Waals surface area contributed by atoms with E-state index in [-0.39, 0.29) is 24.0 Å². The molecule has 2 heterocycles. The molecule has 0 spiro atoms. The van der Waals surface area contributed by atoms with Crippen LogP contribution in [0.2, 0.25) is 0 Å². The Bertz CT molecular complexity index is 948. The molecule has 1 aliphatic carbocycles. The highest BCUT2D eigenvalue weighted by Crippen LogP contribution is 2.30. The van der Waals surface area contributed by atoms with E-state index in [1.807, 2.05) is 0 Å². The molecule has 0 aliphatic heterocycles. The van der Waals surface area contributed by atoms with Crippen LogP contribution in [0.3, 0.4) is 0 Å². The lowest BCUT2D eigenvalue weighted by molar-refractivity contribution is -0.143. The van der Waals surface area contributed by atoms with Crippen LogP contribution in [0.4, 0.5) is 4.79 Å². The largest absolute Gasteiger partial charge is 0.489 e. The van der Waals surface area contributed by atoms with E-state index in [1.165, 1.54) is 0 Å². The van der Waals surface area contributed by atoms with Gasteiger partial charge in [0, 0.05) is 5.56 Å². The summed E-state index contributed by atoms with van der Waals surface area (Å²) < 4.78 is 16.7. The average Bonchev–Trinajstić information content (AvgIpc) is 3.12. The number of hydrogen-bond donors (Lipinski definition) is 2. The number of amides is 1. The van der Waals surface area contributed by atoms with E-state index in [9.17, 15) is 14.7 Å². The number of carboxylic acids is 1. The van der Waals surface area contributed by atoms with Crippen LogP contribution in [0.1, 0.15) is 64.1 Å². The number of nitrogens with one attached hydrogen (secondary N) is 1. The molecule has 1 saturated carbocycles. The molecular weight excluding hydrogens is 426 g/mol. The Balaban J connectivity index is 1.58. The maximum Gasteiger partial charge on any atom is 0.407 e. The van der Waals surface area contributed by atoms with Crippen molar-refractivity contribution in [1.82, 2.24) is 15.5 Å². The molecule has 1 aliphatic rings. The predicted molar refractivity (Wildman–Crippen MR) is 121 cm³/mol. The zero-order valence-electron chi connectivity index (χ0n) is 19.7. The Morgan fingerprint density at radius 1 is 1.27 bits per heavy atom. The van der Waals surface area contributed by atoms with E-state index < -0.39 is 12.1 Å². The Hall–Kier alpha value is -3.10. The second-order valence-corrected chi connectivity index (χ2v) is 9.70. The summed E-state index contributed by atoms with van der Waals surface area (Å²) >= 11 is 0. The normalized spacial score (nSPS) is 18.5. The number of hydrogen-bond acceptors (Lipinski definition) is 7. The number of aliphatic carboxylic acids is 1. The molecule has 9 heteroatoms. The van der Waals surface area contributed by atoms with Gasteiger partial charge in [0.05, 0.1) is 37.1 Å². The van der Waals surface area contributed by atoms with Gasteiger partial charge in [-0.05, 0) is 56.6 Å². The molecule has 180 valence electrons. The molecule has 0 unspecified atom stereocenters. The van der Waals surface area contributed by atoms with Crippen LogP contribution in [0.15, 0.2) is 22.9 Å². The number of carbonyl (C=O) groups excluding carboxylic acids is 1. The van der Waals surface area contributed by atoms with Crippen molar-refractivity contribution in [3.8, 4) is 17.2 Å². The summed E-state index contributed by atoms with van der Waals surface area (Å²) in [6.45, 7) is 8.62. The van der Waals surface area contributed by atoms with Crippen molar-refractivity contribution in [2.45, 2.75) is 72.4 Å². The smallest absolute Gasteiger partial charge is 0.407 e. The Morgan fingerprint density at radius 3 is 2.73 bits per heavy atom. The second kappa shape index (κ2) is 10.7. The summed E-state index contributed by atoms with van der Waals surface area (Å²) in [5.74, 6) is -0.0779. The van der Waals surface area contributed by atoms with E-state index in [1.54, 1.807) is 25.3 Å². The highest BCUT2D eigenvalue weighted by atomic mass is 16.5. The van der Waals surface area contributed by atoms with Gasteiger partial charge < -0.3 is 24.4 Å². The van der Waals surface area contributed by atoms with E-state index in [0.717, 1.165) is 24.8 Å². The topological polar surface area (TPSA) is 124 Å². The van der Waals surface area contributed by atoms with E-state index in [2.05, 4.69) is 36.2 Å². The van der Waals surface area contributed by atoms with Gasteiger partial charge in [-0.25, -0.2) is 9.78 Å². The molecule has 3 rings (SSSR count). The molecule has 0 saturated heterocycles. The van der Waals surface area contributed by atoms with Gasteiger partial charge in [-0.2, -0.15) is 0 Å². The molecule has 9 nitrogen and oxygen atoms in total. The highest BCUT2D eigenvalue weighted by molar-refractivity contribution is 5.70. The summed E-state index contributed by atoms with van der Waals surface area (Å²) in [6, 6.07) is 3.54. The standard InChI is InChI=1S/C24H33N3O6/c1-15-19(14-26-23(30)31-11-10-24(2,3)4)21(33-27-15)20-9-8-18(13-25-20)32-17-7-5-6-16(12-17)22(28)29/h8-9,13,16-17H,5-7,10-12,14H2,1-4H3,(H,26,30)(H,28,29)/t16-,17-/m0/s1. The van der Waals surface area contributed by atoms with Crippen LogP contribution >= 0.6 is 0 Å². The van der Waals surface area contributed by atoms with Gasteiger partial charge in [-0.3, -0.25) is 4.79 Å². The minimum Gasteiger partial charge on any atom is -0.489 e. The molecule has 0 radical (unpaired) electrons. The predicted octanol–water partition coefficient (Wildman–Crippen LogP) is 4.73. The quantitative estimate of drug-likeness (QED) is 0.581. The third kappa shape index (κ3) is 7.20. The van der Waals surface area contributed by atoms with Crippen LogP contribution in [-0.4, -0.2) is 40.0 Å². The summed E-state index contributed by atoms with van der Waals surface area (Å²) in [7, 11) is 0. The molecule has 2 aromatic rings. The summed E-state index contributed by atoms with van der Waals surface area (Å²) in [6.07, 6.45) is 4.59. The van der Waals surface area contributed by atoms with Gasteiger partial charge in [0.15, 0.2) is 5.76 Å². The van der Waals surface area contributed by atoms with Crippen LogP contribution in [0.5, 0.6) is 5.75 Å². The van der Waals surface area contributed by atoms with E-state index >= 15 is 0 Å². The number of aryl methyl sites for hydroxylation is 1. The maximum absolute atomic E-state index is 12.0. The molecule has 33 heavy (non-hydrogen) atoms. The fourth-order valence-corrected chi connectivity index (χ4v) is 3.71. The molecule has 0 aromatic carbocycles. The first kappa shape index (κ1) is 24.5. The molecule has 1 amide bonds. The van der Waals surface area contributed by atoms with Gasteiger partial charge in [0.2, 0.25) is 0 Å². The van der Waals surface area contributed by atoms with Gasteiger partial charge in [-0.1, -0.05) is 25.9 Å². The van der Waals surface area contributed by atoms with Crippen molar-refractivity contribution < 1.29 is 28.7 Å². The number of nitrogens with zero attached hydrogens (tertiary/aromatic N) is 2. The van der Waals surface area contributed by atoms with Gasteiger partial charge >= 0.3 is 12.1 Å².